The first-order valence-corrected chi connectivity index (χ1v) is 6.95. The van der Waals surface area contributed by atoms with Gasteiger partial charge in [0.1, 0.15) is 0 Å². The molecule has 4 fully saturated rings. The van der Waals surface area contributed by atoms with Crippen molar-refractivity contribution in [1.82, 2.24) is 10.2 Å². The van der Waals surface area contributed by atoms with Crippen LogP contribution in [0.1, 0.15) is 26.2 Å². The van der Waals surface area contributed by atoms with E-state index in [-0.39, 0.29) is 0 Å². The Morgan fingerprint density at radius 3 is 2.71 bits per heavy atom. The topological polar surface area (TPSA) is 15.3 Å². The summed E-state index contributed by atoms with van der Waals surface area (Å²) in [7, 11) is 0. The van der Waals surface area contributed by atoms with Crippen LogP contribution >= 0.6 is 11.8 Å². The van der Waals surface area contributed by atoms with Crippen LogP contribution in [0.3, 0.4) is 0 Å². The summed E-state index contributed by atoms with van der Waals surface area (Å²) in [6, 6.07) is 0.778. The second kappa shape index (κ2) is 3.39. The number of nitrogens with zero attached hydrogens (tertiary/aromatic N) is 1. The fraction of sp³-hybridized carbons (Fsp3) is 1.00. The lowest BCUT2D eigenvalue weighted by molar-refractivity contribution is 0.0552. The summed E-state index contributed by atoms with van der Waals surface area (Å²) in [6.45, 7) is 6.31. The molecule has 0 aromatic rings. The second-order valence-corrected chi connectivity index (χ2v) is 6.35. The van der Waals surface area contributed by atoms with Gasteiger partial charge in [-0.1, -0.05) is 6.92 Å². The van der Waals surface area contributed by atoms with Crippen molar-refractivity contribution in [2.45, 2.75) is 37.1 Å². The SMILES string of the molecule is CCC1CSC2(CN3CCC2CC3)N1. The van der Waals surface area contributed by atoms with Crippen molar-refractivity contribution < 1.29 is 0 Å². The molecular formula is C11H20N2S. The zero-order chi connectivity index (χ0) is 9.60. The van der Waals surface area contributed by atoms with Gasteiger partial charge in [0.05, 0.1) is 4.87 Å². The van der Waals surface area contributed by atoms with E-state index in [0.29, 0.717) is 4.87 Å². The van der Waals surface area contributed by atoms with E-state index in [1.807, 2.05) is 0 Å². The predicted octanol–water partition coefficient (Wildman–Crippen LogP) is 1.52. The van der Waals surface area contributed by atoms with E-state index < -0.39 is 0 Å². The average molecular weight is 212 g/mol. The Kier molecular flexibility index (Phi) is 2.30. The number of hydrogen-bond acceptors (Lipinski definition) is 3. The molecule has 0 aromatic carbocycles. The average Bonchev–Trinajstić information content (AvgIpc) is 2.63. The van der Waals surface area contributed by atoms with Crippen molar-refractivity contribution >= 4 is 11.8 Å². The van der Waals surface area contributed by atoms with Crippen LogP contribution in [-0.4, -0.2) is 41.2 Å². The molecule has 0 saturated carbocycles. The zero-order valence-corrected chi connectivity index (χ0v) is 9.78. The molecule has 0 radical (unpaired) electrons. The van der Waals surface area contributed by atoms with E-state index in [0.717, 1.165) is 12.0 Å². The van der Waals surface area contributed by atoms with Gasteiger partial charge in [-0.15, -0.1) is 11.8 Å². The minimum atomic E-state index is 0.456. The molecule has 4 heterocycles. The normalized spacial score (nSPS) is 51.6. The molecule has 2 atom stereocenters. The van der Waals surface area contributed by atoms with Crippen LogP contribution in [-0.2, 0) is 0 Å². The highest BCUT2D eigenvalue weighted by molar-refractivity contribution is 8.01. The summed E-state index contributed by atoms with van der Waals surface area (Å²) >= 11 is 2.21. The van der Waals surface area contributed by atoms with Gasteiger partial charge in [-0.05, 0) is 38.3 Å². The Hall–Kier alpha value is 0.270. The molecule has 4 saturated heterocycles. The van der Waals surface area contributed by atoms with E-state index in [2.05, 4.69) is 28.9 Å². The molecule has 0 amide bonds. The van der Waals surface area contributed by atoms with Crippen LogP contribution in [0, 0.1) is 5.92 Å². The summed E-state index contributed by atoms with van der Waals surface area (Å²) in [6.07, 6.45) is 4.15. The third kappa shape index (κ3) is 1.33. The molecule has 80 valence electrons. The first-order chi connectivity index (χ1) is 6.82. The van der Waals surface area contributed by atoms with Gasteiger partial charge in [0.15, 0.2) is 0 Å². The van der Waals surface area contributed by atoms with E-state index in [9.17, 15) is 0 Å². The minimum absolute atomic E-state index is 0.456. The summed E-state index contributed by atoms with van der Waals surface area (Å²) in [5, 5.41) is 3.91. The highest BCUT2D eigenvalue weighted by atomic mass is 32.2. The van der Waals surface area contributed by atoms with Crippen LogP contribution < -0.4 is 5.32 Å². The lowest BCUT2D eigenvalue weighted by Crippen LogP contribution is -2.62. The maximum Gasteiger partial charge on any atom is 0.0805 e. The van der Waals surface area contributed by atoms with Crippen LogP contribution in [0.15, 0.2) is 0 Å². The second-order valence-electron chi connectivity index (χ2n) is 5.00. The molecule has 4 aliphatic heterocycles. The molecule has 2 bridgehead atoms. The van der Waals surface area contributed by atoms with Gasteiger partial charge in [-0.2, -0.15) is 0 Å². The summed E-state index contributed by atoms with van der Waals surface area (Å²) < 4.78 is 0. The molecule has 14 heavy (non-hydrogen) atoms. The van der Waals surface area contributed by atoms with Gasteiger partial charge >= 0.3 is 0 Å². The Balaban J connectivity index is 1.78. The molecule has 4 rings (SSSR count). The van der Waals surface area contributed by atoms with Crippen molar-refractivity contribution in [3.8, 4) is 0 Å². The number of piperidine rings is 3. The van der Waals surface area contributed by atoms with Crippen LogP contribution in [0.25, 0.3) is 0 Å². The molecular weight excluding hydrogens is 192 g/mol. The number of hydrogen-bond donors (Lipinski definition) is 1. The summed E-state index contributed by atoms with van der Waals surface area (Å²) in [5.74, 6) is 2.29. The lowest BCUT2D eigenvalue weighted by atomic mass is 9.83. The van der Waals surface area contributed by atoms with Crippen molar-refractivity contribution in [3.05, 3.63) is 0 Å². The highest BCUT2D eigenvalue weighted by Crippen LogP contribution is 2.46. The van der Waals surface area contributed by atoms with E-state index in [1.165, 1.54) is 44.6 Å². The minimum Gasteiger partial charge on any atom is -0.301 e. The third-order valence-corrected chi connectivity index (χ3v) is 5.85. The summed E-state index contributed by atoms with van der Waals surface area (Å²) in [5.41, 5.74) is 0. The molecule has 3 heteroatoms. The number of thioether (sulfide) groups is 1. The van der Waals surface area contributed by atoms with Crippen LogP contribution in [0.4, 0.5) is 0 Å². The third-order valence-electron chi connectivity index (χ3n) is 4.19. The maximum atomic E-state index is 3.91. The molecule has 1 N–H and O–H groups in total. The van der Waals surface area contributed by atoms with Gasteiger partial charge in [0.2, 0.25) is 0 Å². The number of rotatable bonds is 1. The van der Waals surface area contributed by atoms with Crippen LogP contribution in [0.5, 0.6) is 0 Å². The first kappa shape index (κ1) is 9.49. The van der Waals surface area contributed by atoms with Crippen molar-refractivity contribution in [1.29, 1.82) is 0 Å². The van der Waals surface area contributed by atoms with Gasteiger partial charge in [-0.25, -0.2) is 0 Å². The largest absolute Gasteiger partial charge is 0.301 e. The predicted molar refractivity (Wildman–Crippen MR) is 61.6 cm³/mol. The molecule has 2 unspecified atom stereocenters. The smallest absolute Gasteiger partial charge is 0.0805 e. The Morgan fingerprint density at radius 2 is 2.21 bits per heavy atom. The standard InChI is InChI=1S/C11H20N2S/c1-2-10-7-14-11(12-10)8-13-5-3-9(11)4-6-13/h9-10,12H,2-8H2,1H3. The van der Waals surface area contributed by atoms with E-state index >= 15 is 0 Å². The van der Waals surface area contributed by atoms with Crippen molar-refractivity contribution in [2.75, 3.05) is 25.4 Å². The number of fused-ring (bicyclic) bond motifs is 2. The lowest BCUT2D eigenvalue weighted by Gasteiger charge is -2.51. The Bertz CT molecular complexity index is 225. The highest BCUT2D eigenvalue weighted by Gasteiger charge is 2.50. The fourth-order valence-corrected chi connectivity index (χ4v) is 5.06. The monoisotopic (exact) mass is 212 g/mol. The molecule has 2 nitrogen and oxygen atoms in total. The summed E-state index contributed by atoms with van der Waals surface area (Å²) in [4.78, 5) is 3.11. The molecule has 0 aromatic heterocycles. The molecule has 4 aliphatic rings. The maximum absolute atomic E-state index is 3.91. The first-order valence-electron chi connectivity index (χ1n) is 5.96. The van der Waals surface area contributed by atoms with E-state index in [1.54, 1.807) is 0 Å². The van der Waals surface area contributed by atoms with Gasteiger partial charge in [0, 0.05) is 18.3 Å². The fourth-order valence-electron chi connectivity index (χ4n) is 3.24. The van der Waals surface area contributed by atoms with E-state index in [4.69, 9.17) is 0 Å². The van der Waals surface area contributed by atoms with Crippen LogP contribution in [0.2, 0.25) is 0 Å². The van der Waals surface area contributed by atoms with Crippen molar-refractivity contribution in [3.63, 3.8) is 0 Å². The van der Waals surface area contributed by atoms with Gasteiger partial charge in [-0.3, -0.25) is 5.32 Å². The van der Waals surface area contributed by atoms with Gasteiger partial charge < -0.3 is 4.90 Å². The number of nitrogens with one attached hydrogen (secondary N) is 1. The molecule has 1 spiro atoms. The van der Waals surface area contributed by atoms with Gasteiger partial charge in [0.25, 0.3) is 0 Å². The molecule has 0 aliphatic carbocycles. The quantitative estimate of drug-likeness (QED) is 0.709. The Morgan fingerprint density at radius 1 is 1.43 bits per heavy atom. The zero-order valence-electron chi connectivity index (χ0n) is 8.96. The Labute approximate surface area is 90.8 Å². The van der Waals surface area contributed by atoms with Crippen molar-refractivity contribution in [2.24, 2.45) is 5.92 Å².